The van der Waals surface area contributed by atoms with Crippen LogP contribution in [0.15, 0.2) is 65.5 Å². The van der Waals surface area contributed by atoms with Crippen LogP contribution in [0.3, 0.4) is 0 Å². The summed E-state index contributed by atoms with van der Waals surface area (Å²) in [6.07, 6.45) is 0. The van der Waals surface area contributed by atoms with E-state index in [1.807, 2.05) is 36.9 Å². The van der Waals surface area contributed by atoms with Crippen LogP contribution in [0, 0.1) is 29.9 Å². The highest BCUT2D eigenvalue weighted by atomic mass is 19.1. The predicted molar refractivity (Wildman–Crippen MR) is 144 cm³/mol. The first kappa shape index (κ1) is 25.6. The summed E-state index contributed by atoms with van der Waals surface area (Å²) in [5.74, 6) is -1.16. The maximum absolute atomic E-state index is 15.6. The SMILES string of the molecule is Cc1ccc(C(c2ccc(F)cc2)N2C[C@H](C)N(c3c(F)c(=O)n(C)c4ccc(C#N)nc34)C[C@H]2C)cc1. The zero-order chi connectivity index (χ0) is 27.1. The van der Waals surface area contributed by atoms with Gasteiger partial charge in [0.15, 0.2) is 0 Å². The van der Waals surface area contributed by atoms with Crippen LogP contribution in [-0.2, 0) is 7.05 Å². The van der Waals surface area contributed by atoms with Crippen molar-refractivity contribution in [2.24, 2.45) is 7.05 Å². The van der Waals surface area contributed by atoms with E-state index in [9.17, 15) is 14.4 Å². The highest BCUT2D eigenvalue weighted by Gasteiger charge is 2.37. The summed E-state index contributed by atoms with van der Waals surface area (Å²) in [7, 11) is 1.50. The fourth-order valence-corrected chi connectivity index (χ4v) is 5.48. The quantitative estimate of drug-likeness (QED) is 0.381. The molecule has 0 spiro atoms. The van der Waals surface area contributed by atoms with Gasteiger partial charge in [-0.05, 0) is 56.2 Å². The van der Waals surface area contributed by atoms with Crippen LogP contribution in [0.25, 0.3) is 11.0 Å². The van der Waals surface area contributed by atoms with Crippen LogP contribution in [0.5, 0.6) is 0 Å². The number of aromatic nitrogens is 2. The number of aryl methyl sites for hydroxylation is 2. The van der Waals surface area contributed by atoms with Crippen molar-refractivity contribution >= 4 is 16.7 Å². The third-order valence-electron chi connectivity index (χ3n) is 7.51. The molecule has 1 fully saturated rings. The van der Waals surface area contributed by atoms with Crippen molar-refractivity contribution in [1.29, 1.82) is 5.26 Å². The number of benzene rings is 2. The number of fused-ring (bicyclic) bond motifs is 1. The van der Waals surface area contributed by atoms with E-state index >= 15 is 4.39 Å². The molecule has 3 heterocycles. The molecule has 0 aliphatic carbocycles. The summed E-state index contributed by atoms with van der Waals surface area (Å²) < 4.78 is 30.7. The zero-order valence-corrected chi connectivity index (χ0v) is 21.8. The summed E-state index contributed by atoms with van der Waals surface area (Å²) in [5, 5.41) is 9.41. The van der Waals surface area contributed by atoms with Crippen molar-refractivity contribution in [3.05, 3.63) is 105 Å². The number of hydrogen-bond donors (Lipinski definition) is 0. The summed E-state index contributed by atoms with van der Waals surface area (Å²) in [4.78, 5) is 21.5. The Balaban J connectivity index is 1.58. The molecule has 38 heavy (non-hydrogen) atoms. The van der Waals surface area contributed by atoms with E-state index in [4.69, 9.17) is 0 Å². The number of anilines is 1. The average Bonchev–Trinajstić information content (AvgIpc) is 2.91. The first-order valence-electron chi connectivity index (χ1n) is 12.6. The third-order valence-corrected chi connectivity index (χ3v) is 7.51. The summed E-state index contributed by atoms with van der Waals surface area (Å²) in [5.41, 5.74) is 3.52. The van der Waals surface area contributed by atoms with E-state index in [0.717, 1.165) is 16.7 Å². The molecule has 5 rings (SSSR count). The van der Waals surface area contributed by atoms with E-state index in [0.29, 0.717) is 24.1 Å². The fraction of sp³-hybridized carbons (Fsp3) is 0.300. The number of rotatable bonds is 4. The lowest BCUT2D eigenvalue weighted by Gasteiger charge is -2.48. The minimum Gasteiger partial charge on any atom is -0.362 e. The molecule has 0 bridgehead atoms. The second kappa shape index (κ2) is 9.99. The van der Waals surface area contributed by atoms with Crippen LogP contribution < -0.4 is 10.5 Å². The average molecular weight is 514 g/mol. The van der Waals surface area contributed by atoms with Gasteiger partial charge in [-0.1, -0.05) is 42.0 Å². The van der Waals surface area contributed by atoms with Crippen molar-refractivity contribution in [3.8, 4) is 6.07 Å². The van der Waals surface area contributed by atoms with Crippen molar-refractivity contribution in [2.75, 3.05) is 18.0 Å². The molecule has 194 valence electrons. The lowest BCUT2D eigenvalue weighted by molar-refractivity contribution is 0.129. The molecule has 1 aliphatic rings. The number of nitriles is 1. The van der Waals surface area contributed by atoms with E-state index in [1.165, 1.54) is 29.8 Å². The van der Waals surface area contributed by atoms with Crippen LogP contribution in [0.1, 0.15) is 42.3 Å². The Morgan fingerprint density at radius 2 is 1.58 bits per heavy atom. The predicted octanol–water partition coefficient (Wildman–Crippen LogP) is 5.08. The molecule has 0 amide bonds. The molecule has 8 heteroatoms. The summed E-state index contributed by atoms with van der Waals surface area (Å²) in [6, 6.07) is 19.7. The van der Waals surface area contributed by atoms with Gasteiger partial charge < -0.3 is 9.47 Å². The minimum absolute atomic E-state index is 0.0554. The standard InChI is InChI=1S/C30H29F2N5O/c1-18-5-7-21(8-6-18)28(22-9-11-23(31)12-10-22)36-16-20(3)37(17-19(36)2)29-26(32)30(38)35(4)25-14-13-24(15-33)34-27(25)29/h5-14,19-20,28H,16-17H2,1-4H3/t19-,20+,28?/m1/s1. The van der Waals surface area contributed by atoms with Crippen molar-refractivity contribution in [3.63, 3.8) is 0 Å². The highest BCUT2D eigenvalue weighted by molar-refractivity contribution is 5.89. The van der Waals surface area contributed by atoms with Crippen LogP contribution in [-0.4, -0.2) is 39.6 Å². The lowest BCUT2D eigenvalue weighted by atomic mass is 9.93. The van der Waals surface area contributed by atoms with E-state index < -0.39 is 11.4 Å². The number of halogens is 2. The molecule has 2 aromatic heterocycles. The molecule has 0 N–H and O–H groups in total. The number of hydrogen-bond acceptors (Lipinski definition) is 5. The first-order valence-corrected chi connectivity index (χ1v) is 12.6. The molecule has 2 aromatic carbocycles. The topological polar surface area (TPSA) is 65.2 Å². The molecule has 0 saturated carbocycles. The molecule has 6 nitrogen and oxygen atoms in total. The Morgan fingerprint density at radius 3 is 2.21 bits per heavy atom. The zero-order valence-electron chi connectivity index (χ0n) is 21.8. The largest absolute Gasteiger partial charge is 0.362 e. The van der Waals surface area contributed by atoms with Gasteiger partial charge in [-0.3, -0.25) is 9.69 Å². The molecule has 1 aliphatic heterocycles. The molecule has 4 aromatic rings. The van der Waals surface area contributed by atoms with Gasteiger partial charge in [-0.2, -0.15) is 9.65 Å². The van der Waals surface area contributed by atoms with E-state index in [1.54, 1.807) is 6.07 Å². The lowest BCUT2D eigenvalue weighted by Crippen LogP contribution is -2.58. The van der Waals surface area contributed by atoms with E-state index in [-0.39, 0.29) is 35.3 Å². The van der Waals surface area contributed by atoms with Crippen LogP contribution >= 0.6 is 0 Å². The number of pyridine rings is 2. The van der Waals surface area contributed by atoms with Gasteiger partial charge in [0, 0.05) is 32.2 Å². The molecular formula is C30H29F2N5O. The minimum atomic E-state index is -0.872. The third kappa shape index (κ3) is 4.44. The van der Waals surface area contributed by atoms with E-state index in [2.05, 4.69) is 41.1 Å². The molecule has 1 unspecified atom stereocenters. The molecular weight excluding hydrogens is 484 g/mol. The van der Waals surface area contributed by atoms with Gasteiger partial charge in [0.05, 0.1) is 11.6 Å². The van der Waals surface area contributed by atoms with Gasteiger partial charge in [0.1, 0.15) is 28.8 Å². The van der Waals surface area contributed by atoms with Gasteiger partial charge in [-0.25, -0.2) is 9.37 Å². The Hall–Kier alpha value is -4.09. The Kier molecular flexibility index (Phi) is 6.72. The normalized spacial score (nSPS) is 18.9. The van der Waals surface area contributed by atoms with Crippen LogP contribution in [0.4, 0.5) is 14.5 Å². The smallest absolute Gasteiger partial charge is 0.289 e. The van der Waals surface area contributed by atoms with Gasteiger partial charge >= 0.3 is 0 Å². The number of piperazine rings is 1. The van der Waals surface area contributed by atoms with Gasteiger partial charge in [-0.15, -0.1) is 0 Å². The maximum atomic E-state index is 15.6. The Bertz CT molecular complexity index is 1550. The van der Waals surface area contributed by atoms with Gasteiger partial charge in [0.25, 0.3) is 5.56 Å². The molecule has 0 radical (unpaired) electrons. The first-order chi connectivity index (χ1) is 18.2. The van der Waals surface area contributed by atoms with Crippen molar-refractivity contribution in [2.45, 2.75) is 38.9 Å². The fourth-order valence-electron chi connectivity index (χ4n) is 5.48. The molecule has 1 saturated heterocycles. The Labute approximate surface area is 220 Å². The van der Waals surface area contributed by atoms with Crippen molar-refractivity contribution < 1.29 is 8.78 Å². The summed E-state index contributed by atoms with van der Waals surface area (Å²) >= 11 is 0. The summed E-state index contributed by atoms with van der Waals surface area (Å²) in [6.45, 7) is 7.09. The van der Waals surface area contributed by atoms with Gasteiger partial charge in [0.2, 0.25) is 5.82 Å². The number of nitrogens with zero attached hydrogens (tertiary/aromatic N) is 5. The molecule has 3 atom stereocenters. The van der Waals surface area contributed by atoms with Crippen molar-refractivity contribution in [1.82, 2.24) is 14.5 Å². The Morgan fingerprint density at radius 1 is 0.947 bits per heavy atom. The second-order valence-electron chi connectivity index (χ2n) is 10.1. The highest BCUT2D eigenvalue weighted by Crippen LogP contribution is 2.36. The monoisotopic (exact) mass is 513 g/mol. The second-order valence-corrected chi connectivity index (χ2v) is 10.1. The maximum Gasteiger partial charge on any atom is 0.289 e. The van der Waals surface area contributed by atoms with Crippen LogP contribution in [0.2, 0.25) is 0 Å².